The molecular formula is C21H24ClNO2. The van der Waals surface area contributed by atoms with Crippen molar-refractivity contribution in [1.82, 2.24) is 5.32 Å². The van der Waals surface area contributed by atoms with Crippen LogP contribution in [0.5, 0.6) is 5.75 Å². The Morgan fingerprint density at radius 1 is 1.08 bits per heavy atom. The summed E-state index contributed by atoms with van der Waals surface area (Å²) in [5.41, 5.74) is 1.87. The number of ether oxygens (including phenoxy) is 1. The summed E-state index contributed by atoms with van der Waals surface area (Å²) in [6.45, 7) is 0.639. The fourth-order valence-electron chi connectivity index (χ4n) is 3.68. The van der Waals surface area contributed by atoms with Gasteiger partial charge in [0.25, 0.3) is 0 Å². The molecule has 2 aromatic carbocycles. The van der Waals surface area contributed by atoms with Crippen LogP contribution in [0.1, 0.15) is 36.8 Å². The van der Waals surface area contributed by atoms with Gasteiger partial charge in [0.05, 0.1) is 12.5 Å². The van der Waals surface area contributed by atoms with Crippen molar-refractivity contribution in [3.8, 4) is 5.75 Å². The highest BCUT2D eigenvalue weighted by atomic mass is 35.5. The molecule has 1 N–H and O–H groups in total. The van der Waals surface area contributed by atoms with Gasteiger partial charge in [-0.15, -0.1) is 0 Å². The SMILES string of the molecule is COc1ccc(CCNC(=O)C2(c3ccc(Cl)cc3)CCCC2)cc1. The highest BCUT2D eigenvalue weighted by Gasteiger charge is 2.42. The first-order chi connectivity index (χ1) is 12.1. The van der Waals surface area contributed by atoms with Gasteiger partial charge in [-0.3, -0.25) is 4.79 Å². The second-order valence-corrected chi connectivity index (χ2v) is 7.09. The summed E-state index contributed by atoms with van der Waals surface area (Å²) in [5, 5.41) is 3.86. The Hall–Kier alpha value is -2.00. The zero-order chi connectivity index (χ0) is 17.7. The van der Waals surface area contributed by atoms with Crippen LogP contribution in [-0.2, 0) is 16.6 Å². The van der Waals surface area contributed by atoms with Crippen LogP contribution >= 0.6 is 11.6 Å². The lowest BCUT2D eigenvalue weighted by atomic mass is 9.78. The van der Waals surface area contributed by atoms with Crippen LogP contribution in [0.25, 0.3) is 0 Å². The van der Waals surface area contributed by atoms with E-state index in [2.05, 4.69) is 5.32 Å². The van der Waals surface area contributed by atoms with E-state index >= 15 is 0 Å². The molecule has 0 aromatic heterocycles. The van der Waals surface area contributed by atoms with E-state index in [0.29, 0.717) is 11.6 Å². The Morgan fingerprint density at radius 3 is 2.32 bits per heavy atom. The quantitative estimate of drug-likeness (QED) is 0.825. The lowest BCUT2D eigenvalue weighted by Crippen LogP contribution is -2.43. The summed E-state index contributed by atoms with van der Waals surface area (Å²) in [7, 11) is 1.66. The van der Waals surface area contributed by atoms with Gasteiger partial charge in [0.1, 0.15) is 5.75 Å². The molecule has 4 heteroatoms. The van der Waals surface area contributed by atoms with Crippen LogP contribution < -0.4 is 10.1 Å². The van der Waals surface area contributed by atoms with Crippen molar-refractivity contribution in [3.05, 3.63) is 64.7 Å². The Bertz CT molecular complexity index is 704. The van der Waals surface area contributed by atoms with Gasteiger partial charge in [-0.2, -0.15) is 0 Å². The van der Waals surface area contributed by atoms with Gasteiger partial charge < -0.3 is 10.1 Å². The van der Waals surface area contributed by atoms with E-state index in [0.717, 1.165) is 43.4 Å². The summed E-state index contributed by atoms with van der Waals surface area (Å²) in [4.78, 5) is 13.0. The molecule has 3 nitrogen and oxygen atoms in total. The molecule has 25 heavy (non-hydrogen) atoms. The van der Waals surface area contributed by atoms with Gasteiger partial charge in [0.2, 0.25) is 5.91 Å². The summed E-state index contributed by atoms with van der Waals surface area (Å²) < 4.78 is 5.17. The van der Waals surface area contributed by atoms with E-state index in [-0.39, 0.29) is 5.91 Å². The van der Waals surface area contributed by atoms with Gasteiger partial charge in [0, 0.05) is 11.6 Å². The smallest absolute Gasteiger partial charge is 0.230 e. The van der Waals surface area contributed by atoms with E-state index in [1.165, 1.54) is 5.56 Å². The Kier molecular flexibility index (Phi) is 5.64. The molecule has 1 fully saturated rings. The lowest BCUT2D eigenvalue weighted by molar-refractivity contribution is -0.126. The number of benzene rings is 2. The van der Waals surface area contributed by atoms with Crippen LogP contribution in [0.4, 0.5) is 0 Å². The van der Waals surface area contributed by atoms with Crippen LogP contribution in [0.3, 0.4) is 0 Å². The molecule has 3 rings (SSSR count). The molecule has 132 valence electrons. The van der Waals surface area contributed by atoms with E-state index in [1.807, 2.05) is 48.5 Å². The third-order valence-corrected chi connectivity index (χ3v) is 5.40. The zero-order valence-corrected chi connectivity index (χ0v) is 15.3. The van der Waals surface area contributed by atoms with Gasteiger partial charge >= 0.3 is 0 Å². The summed E-state index contributed by atoms with van der Waals surface area (Å²) in [5.74, 6) is 0.987. The third kappa shape index (κ3) is 3.98. The number of nitrogens with one attached hydrogen (secondary N) is 1. The number of halogens is 1. The van der Waals surface area contributed by atoms with Gasteiger partial charge in [-0.1, -0.05) is 48.7 Å². The summed E-state index contributed by atoms with van der Waals surface area (Å²) in [6.07, 6.45) is 4.81. The van der Waals surface area contributed by atoms with Crippen molar-refractivity contribution in [2.24, 2.45) is 0 Å². The van der Waals surface area contributed by atoms with E-state index < -0.39 is 5.41 Å². The molecule has 0 saturated heterocycles. The van der Waals surface area contributed by atoms with Crippen molar-refractivity contribution < 1.29 is 9.53 Å². The molecule has 0 spiro atoms. The topological polar surface area (TPSA) is 38.3 Å². The maximum Gasteiger partial charge on any atom is 0.230 e. The number of methoxy groups -OCH3 is 1. The Balaban J connectivity index is 1.64. The number of amides is 1. The van der Waals surface area contributed by atoms with Crippen LogP contribution in [-0.4, -0.2) is 19.6 Å². The second-order valence-electron chi connectivity index (χ2n) is 6.65. The Morgan fingerprint density at radius 2 is 1.72 bits per heavy atom. The zero-order valence-electron chi connectivity index (χ0n) is 14.6. The number of carbonyl (C=O) groups is 1. The summed E-state index contributed by atoms with van der Waals surface area (Å²) in [6, 6.07) is 15.7. The molecule has 1 saturated carbocycles. The number of hydrogen-bond donors (Lipinski definition) is 1. The van der Waals surface area contributed by atoms with E-state index in [1.54, 1.807) is 7.11 Å². The molecule has 0 heterocycles. The van der Waals surface area contributed by atoms with Crippen LogP contribution in [0.15, 0.2) is 48.5 Å². The van der Waals surface area contributed by atoms with Crippen molar-refractivity contribution in [3.63, 3.8) is 0 Å². The van der Waals surface area contributed by atoms with Gasteiger partial charge in [-0.25, -0.2) is 0 Å². The van der Waals surface area contributed by atoms with Gasteiger partial charge in [-0.05, 0) is 54.7 Å². The van der Waals surface area contributed by atoms with Crippen LogP contribution in [0.2, 0.25) is 5.02 Å². The number of hydrogen-bond acceptors (Lipinski definition) is 2. The largest absolute Gasteiger partial charge is 0.497 e. The fourth-order valence-corrected chi connectivity index (χ4v) is 3.80. The van der Waals surface area contributed by atoms with Gasteiger partial charge in [0.15, 0.2) is 0 Å². The first-order valence-corrected chi connectivity index (χ1v) is 9.19. The first kappa shape index (κ1) is 17.8. The van der Waals surface area contributed by atoms with Crippen LogP contribution in [0, 0.1) is 0 Å². The maximum atomic E-state index is 13.0. The molecule has 0 atom stereocenters. The maximum absolute atomic E-state index is 13.0. The van der Waals surface area contributed by atoms with Crippen molar-refractivity contribution in [1.29, 1.82) is 0 Å². The van der Waals surface area contributed by atoms with E-state index in [4.69, 9.17) is 16.3 Å². The average molecular weight is 358 g/mol. The summed E-state index contributed by atoms with van der Waals surface area (Å²) >= 11 is 6.01. The first-order valence-electron chi connectivity index (χ1n) is 8.81. The molecule has 0 bridgehead atoms. The van der Waals surface area contributed by atoms with Crippen molar-refractivity contribution >= 4 is 17.5 Å². The van der Waals surface area contributed by atoms with E-state index in [9.17, 15) is 4.79 Å². The molecule has 2 aromatic rings. The number of carbonyl (C=O) groups excluding carboxylic acids is 1. The van der Waals surface area contributed by atoms with Crippen molar-refractivity contribution in [2.75, 3.05) is 13.7 Å². The lowest BCUT2D eigenvalue weighted by Gasteiger charge is -2.28. The Labute approximate surface area is 154 Å². The molecule has 1 aliphatic carbocycles. The molecular weight excluding hydrogens is 334 g/mol. The molecule has 1 aliphatic rings. The standard InChI is InChI=1S/C21H24ClNO2/c1-25-19-10-4-16(5-11-19)12-15-23-20(24)21(13-2-3-14-21)17-6-8-18(22)9-7-17/h4-11H,2-3,12-15H2,1H3,(H,23,24). The average Bonchev–Trinajstić information content (AvgIpc) is 3.14. The minimum Gasteiger partial charge on any atom is -0.497 e. The second kappa shape index (κ2) is 7.92. The molecule has 0 radical (unpaired) electrons. The fraction of sp³-hybridized carbons (Fsp3) is 0.381. The predicted molar refractivity (Wildman–Crippen MR) is 101 cm³/mol. The predicted octanol–water partition coefficient (Wildman–Crippen LogP) is 4.52. The highest BCUT2D eigenvalue weighted by Crippen LogP contribution is 2.41. The third-order valence-electron chi connectivity index (χ3n) is 5.15. The molecule has 0 aliphatic heterocycles. The highest BCUT2D eigenvalue weighted by molar-refractivity contribution is 6.30. The van der Waals surface area contributed by atoms with Crippen molar-refractivity contribution in [2.45, 2.75) is 37.5 Å². The molecule has 1 amide bonds. The number of rotatable bonds is 6. The monoisotopic (exact) mass is 357 g/mol. The normalized spacial score (nSPS) is 15.8. The molecule has 0 unspecified atom stereocenters. The minimum absolute atomic E-state index is 0.140. The minimum atomic E-state index is -0.398.